The van der Waals surface area contributed by atoms with E-state index in [1.807, 2.05) is 4.90 Å². The molecule has 3 aliphatic heterocycles. The summed E-state index contributed by atoms with van der Waals surface area (Å²) in [5.41, 5.74) is -0.374. The maximum absolute atomic E-state index is 13.9. The molecule has 15 heteroatoms. The Hall–Kier alpha value is -2.42. The number of piperazine rings is 1. The van der Waals surface area contributed by atoms with E-state index in [0.717, 1.165) is 18.9 Å². The number of benzene rings is 1. The van der Waals surface area contributed by atoms with Crippen LogP contribution in [0.2, 0.25) is 0 Å². The van der Waals surface area contributed by atoms with Gasteiger partial charge in [-0.1, -0.05) is 6.07 Å². The molecule has 0 radical (unpaired) electrons. The summed E-state index contributed by atoms with van der Waals surface area (Å²) >= 11 is 0. The fourth-order valence-electron chi connectivity index (χ4n) is 5.08. The number of alkyl halides is 9. The number of ether oxygens (including phenoxy) is 2. The Morgan fingerprint density at radius 3 is 2.00 bits per heavy atom. The SMILES string of the molecule is O=C(OC(C(F)(F)F)C(F)(F)F)N1CCN(Cc2c(N3C4CCC3COC4)cccc2C(F)(F)F)CC1. The van der Waals surface area contributed by atoms with Crippen LogP contribution in [0.25, 0.3) is 0 Å². The number of fused-ring (bicyclic) bond motifs is 2. The predicted molar refractivity (Wildman–Crippen MR) is 111 cm³/mol. The van der Waals surface area contributed by atoms with Crippen LogP contribution in [0.5, 0.6) is 0 Å². The predicted octanol–water partition coefficient (Wildman–Crippen LogP) is 4.82. The van der Waals surface area contributed by atoms with Crippen LogP contribution in [-0.4, -0.2) is 85.8 Å². The average Bonchev–Trinajstić information content (AvgIpc) is 3.03. The Morgan fingerprint density at radius 2 is 1.49 bits per heavy atom. The van der Waals surface area contributed by atoms with E-state index in [1.165, 1.54) is 6.07 Å². The van der Waals surface area contributed by atoms with Gasteiger partial charge in [0.1, 0.15) is 0 Å². The summed E-state index contributed by atoms with van der Waals surface area (Å²) in [6, 6.07) is 3.79. The van der Waals surface area contributed by atoms with Gasteiger partial charge in [0.15, 0.2) is 0 Å². The van der Waals surface area contributed by atoms with Gasteiger partial charge in [-0.3, -0.25) is 4.90 Å². The van der Waals surface area contributed by atoms with E-state index < -0.39 is 36.3 Å². The standard InChI is InChI=1S/C22H24F9N3O3/c23-20(24,25)16-2-1-3-17(34-13-4-5-14(34)12-36-11-13)15(16)10-32-6-8-33(9-7-32)19(35)37-18(21(26,27)28)22(29,30)31/h1-3,13-14,18H,4-12H2. The van der Waals surface area contributed by atoms with Gasteiger partial charge in [-0.05, 0) is 25.0 Å². The van der Waals surface area contributed by atoms with E-state index in [4.69, 9.17) is 4.74 Å². The summed E-state index contributed by atoms with van der Waals surface area (Å²) in [5.74, 6) is 0. The second-order valence-electron chi connectivity index (χ2n) is 9.24. The third kappa shape index (κ3) is 6.02. The van der Waals surface area contributed by atoms with Gasteiger partial charge in [-0.2, -0.15) is 39.5 Å². The Bertz CT molecular complexity index is 945. The molecule has 0 saturated carbocycles. The van der Waals surface area contributed by atoms with E-state index >= 15 is 0 Å². The highest BCUT2D eigenvalue weighted by Gasteiger charge is 2.60. The fourth-order valence-corrected chi connectivity index (χ4v) is 5.08. The number of amides is 1. The van der Waals surface area contributed by atoms with Crippen molar-refractivity contribution in [3.05, 3.63) is 29.3 Å². The molecule has 0 aromatic heterocycles. The van der Waals surface area contributed by atoms with Crippen LogP contribution in [0.15, 0.2) is 18.2 Å². The van der Waals surface area contributed by atoms with Crippen molar-refractivity contribution >= 4 is 11.8 Å². The smallest absolute Gasteiger partial charge is 0.426 e. The lowest BCUT2D eigenvalue weighted by Crippen LogP contribution is -2.52. The van der Waals surface area contributed by atoms with Crippen molar-refractivity contribution in [3.8, 4) is 0 Å². The van der Waals surface area contributed by atoms with Gasteiger partial charge in [0.2, 0.25) is 0 Å². The number of halogens is 9. The molecule has 3 saturated heterocycles. The fraction of sp³-hybridized carbons (Fsp3) is 0.682. The quantitative estimate of drug-likeness (QED) is 0.505. The zero-order valence-electron chi connectivity index (χ0n) is 19.3. The lowest BCUT2D eigenvalue weighted by molar-refractivity contribution is -0.308. The van der Waals surface area contributed by atoms with Crippen LogP contribution in [-0.2, 0) is 22.2 Å². The molecule has 0 aliphatic carbocycles. The Labute approximate surface area is 205 Å². The number of carbonyl (C=O) groups is 1. The van der Waals surface area contributed by atoms with Crippen molar-refractivity contribution in [2.24, 2.45) is 0 Å². The van der Waals surface area contributed by atoms with E-state index in [1.54, 1.807) is 11.0 Å². The Balaban J connectivity index is 1.48. The number of rotatable bonds is 4. The highest BCUT2D eigenvalue weighted by molar-refractivity contribution is 5.68. The maximum atomic E-state index is 13.9. The van der Waals surface area contributed by atoms with Crippen molar-refractivity contribution in [1.82, 2.24) is 9.80 Å². The summed E-state index contributed by atoms with van der Waals surface area (Å²) in [7, 11) is 0. The van der Waals surface area contributed by atoms with Gasteiger partial charge in [0.05, 0.1) is 30.9 Å². The molecule has 3 heterocycles. The Kier molecular flexibility index (Phi) is 7.49. The molecular formula is C22H24F9N3O3. The summed E-state index contributed by atoms with van der Waals surface area (Å²) in [5, 5.41) is 0. The normalized spacial score (nSPS) is 23.6. The number of nitrogens with zero attached hydrogens (tertiary/aromatic N) is 3. The molecule has 2 atom stereocenters. The molecule has 208 valence electrons. The first kappa shape index (κ1) is 27.6. The number of hydrogen-bond acceptors (Lipinski definition) is 5. The lowest BCUT2D eigenvalue weighted by Gasteiger charge is -2.40. The van der Waals surface area contributed by atoms with Crippen molar-refractivity contribution in [1.29, 1.82) is 0 Å². The highest BCUT2D eigenvalue weighted by Crippen LogP contribution is 2.42. The molecule has 0 spiro atoms. The molecule has 2 unspecified atom stereocenters. The summed E-state index contributed by atoms with van der Waals surface area (Å²) in [6.45, 7) is -0.147. The molecule has 3 fully saturated rings. The number of morpholine rings is 1. The van der Waals surface area contributed by atoms with Crippen LogP contribution in [0.1, 0.15) is 24.0 Å². The molecular weight excluding hydrogens is 525 g/mol. The van der Waals surface area contributed by atoms with Crippen molar-refractivity contribution in [2.45, 2.75) is 56.1 Å². The van der Waals surface area contributed by atoms with E-state index in [9.17, 15) is 44.3 Å². The maximum Gasteiger partial charge on any atom is 0.434 e. The zero-order valence-corrected chi connectivity index (χ0v) is 19.3. The van der Waals surface area contributed by atoms with Crippen LogP contribution in [0.3, 0.4) is 0 Å². The van der Waals surface area contributed by atoms with Gasteiger partial charge in [-0.15, -0.1) is 0 Å². The van der Waals surface area contributed by atoms with Crippen LogP contribution >= 0.6 is 0 Å². The first-order chi connectivity index (χ1) is 17.2. The highest BCUT2D eigenvalue weighted by atomic mass is 19.4. The van der Waals surface area contributed by atoms with Crippen LogP contribution < -0.4 is 4.90 Å². The molecule has 1 aromatic carbocycles. The first-order valence-electron chi connectivity index (χ1n) is 11.5. The molecule has 6 nitrogen and oxygen atoms in total. The van der Waals surface area contributed by atoms with E-state index in [2.05, 4.69) is 4.74 Å². The summed E-state index contributed by atoms with van der Waals surface area (Å²) < 4.78 is 127. The van der Waals surface area contributed by atoms with Gasteiger partial charge >= 0.3 is 24.6 Å². The average molecular weight is 549 g/mol. The van der Waals surface area contributed by atoms with Crippen molar-refractivity contribution < 1.29 is 53.8 Å². The second kappa shape index (κ2) is 10.0. The monoisotopic (exact) mass is 549 g/mol. The molecule has 1 amide bonds. The van der Waals surface area contributed by atoms with Crippen molar-refractivity contribution in [3.63, 3.8) is 0 Å². The van der Waals surface area contributed by atoms with Gasteiger partial charge in [0.25, 0.3) is 6.10 Å². The molecule has 3 aliphatic rings. The molecule has 2 bridgehead atoms. The number of anilines is 1. The second-order valence-corrected chi connectivity index (χ2v) is 9.24. The van der Waals surface area contributed by atoms with Crippen LogP contribution in [0, 0.1) is 0 Å². The molecule has 1 aromatic rings. The Morgan fingerprint density at radius 1 is 0.919 bits per heavy atom. The molecule has 37 heavy (non-hydrogen) atoms. The minimum absolute atomic E-state index is 0.0269. The topological polar surface area (TPSA) is 45.2 Å². The van der Waals surface area contributed by atoms with Crippen molar-refractivity contribution in [2.75, 3.05) is 44.3 Å². The van der Waals surface area contributed by atoms with Gasteiger partial charge in [0, 0.05) is 44.0 Å². The minimum atomic E-state index is -5.84. The largest absolute Gasteiger partial charge is 0.434 e. The van der Waals surface area contributed by atoms with Gasteiger partial charge in [-0.25, -0.2) is 4.79 Å². The summed E-state index contributed by atoms with van der Waals surface area (Å²) in [4.78, 5) is 16.2. The lowest BCUT2D eigenvalue weighted by atomic mass is 10.0. The zero-order chi connectivity index (χ0) is 27.2. The minimum Gasteiger partial charge on any atom is -0.426 e. The summed E-state index contributed by atoms with van der Waals surface area (Å²) in [6.07, 6.45) is -20.8. The number of hydrogen-bond donors (Lipinski definition) is 0. The first-order valence-corrected chi connectivity index (χ1v) is 11.5. The number of carbonyl (C=O) groups excluding carboxylic acids is 1. The van der Waals surface area contributed by atoms with E-state index in [-0.39, 0.29) is 50.4 Å². The molecule has 0 N–H and O–H groups in total. The third-order valence-electron chi connectivity index (χ3n) is 6.80. The van der Waals surface area contributed by atoms with Gasteiger partial charge < -0.3 is 19.3 Å². The molecule has 4 rings (SSSR count). The van der Waals surface area contributed by atoms with Crippen LogP contribution in [0.4, 0.5) is 50.0 Å². The van der Waals surface area contributed by atoms with E-state index in [0.29, 0.717) is 23.8 Å². The third-order valence-corrected chi connectivity index (χ3v) is 6.80.